The summed E-state index contributed by atoms with van der Waals surface area (Å²) >= 11 is 3.33. The van der Waals surface area contributed by atoms with Crippen molar-refractivity contribution in [3.8, 4) is 0 Å². The van der Waals surface area contributed by atoms with E-state index in [1.54, 1.807) is 19.2 Å². The molecule has 2 rings (SSSR count). The molecule has 5 heteroatoms. The summed E-state index contributed by atoms with van der Waals surface area (Å²) in [5.74, 6) is -0.223. The Kier molecular flexibility index (Phi) is 4.96. The van der Waals surface area contributed by atoms with E-state index in [4.69, 9.17) is 0 Å². The molecule has 0 saturated carbocycles. The summed E-state index contributed by atoms with van der Waals surface area (Å²) in [6, 6.07) is 9.42. The number of rotatable bonds is 4. The second-order valence-corrected chi connectivity index (χ2v) is 5.79. The number of aryl methyl sites for hydroxylation is 2. The van der Waals surface area contributed by atoms with Crippen LogP contribution in [0.1, 0.15) is 18.1 Å². The Morgan fingerprint density at radius 2 is 1.95 bits per heavy atom. The molecule has 0 radical (unpaired) electrons. The summed E-state index contributed by atoms with van der Waals surface area (Å²) in [5, 5.41) is 2.79. The zero-order valence-electron chi connectivity index (χ0n) is 12.0. The molecule has 0 atom stereocenters. The van der Waals surface area contributed by atoms with E-state index >= 15 is 0 Å². The highest BCUT2D eigenvalue weighted by molar-refractivity contribution is 9.10. The molecule has 0 saturated heterocycles. The van der Waals surface area contributed by atoms with E-state index in [-0.39, 0.29) is 18.0 Å². The van der Waals surface area contributed by atoms with Gasteiger partial charge in [0.05, 0.1) is 0 Å². The van der Waals surface area contributed by atoms with Crippen molar-refractivity contribution < 1.29 is 4.79 Å². The standard InChI is InChI=1S/C16H17BrN2O2/c1-3-12-4-6-14(7-5-12)18-15(20)10-19-9-13(17)8-11(2)16(19)21/h4-9H,3,10H2,1-2H3,(H,18,20). The van der Waals surface area contributed by atoms with Crippen molar-refractivity contribution in [3.63, 3.8) is 0 Å². The Morgan fingerprint density at radius 3 is 2.57 bits per heavy atom. The number of aromatic nitrogens is 1. The van der Waals surface area contributed by atoms with E-state index in [9.17, 15) is 9.59 Å². The molecule has 1 amide bonds. The van der Waals surface area contributed by atoms with Crippen LogP contribution in [0.25, 0.3) is 0 Å². The van der Waals surface area contributed by atoms with Gasteiger partial charge in [-0.05, 0) is 53.0 Å². The van der Waals surface area contributed by atoms with Crippen LogP contribution in [0.5, 0.6) is 0 Å². The molecule has 0 spiro atoms. The summed E-state index contributed by atoms with van der Waals surface area (Å²) in [5.41, 5.74) is 2.39. The number of carbonyl (C=O) groups excluding carboxylic acids is 1. The van der Waals surface area contributed by atoms with Gasteiger partial charge in [0.25, 0.3) is 5.56 Å². The van der Waals surface area contributed by atoms with E-state index in [1.165, 1.54) is 10.1 Å². The van der Waals surface area contributed by atoms with Gasteiger partial charge in [0.2, 0.25) is 5.91 Å². The third-order valence-corrected chi connectivity index (χ3v) is 3.63. The van der Waals surface area contributed by atoms with Crippen molar-refractivity contribution in [2.24, 2.45) is 0 Å². The van der Waals surface area contributed by atoms with Gasteiger partial charge >= 0.3 is 0 Å². The van der Waals surface area contributed by atoms with Crippen LogP contribution in [-0.4, -0.2) is 10.5 Å². The number of hydrogen-bond acceptors (Lipinski definition) is 2. The van der Waals surface area contributed by atoms with E-state index < -0.39 is 0 Å². The number of benzene rings is 1. The maximum absolute atomic E-state index is 12.0. The average molecular weight is 349 g/mol. The zero-order valence-corrected chi connectivity index (χ0v) is 13.6. The van der Waals surface area contributed by atoms with Gasteiger partial charge in [-0.2, -0.15) is 0 Å². The summed E-state index contributed by atoms with van der Waals surface area (Å²) < 4.78 is 2.18. The zero-order chi connectivity index (χ0) is 15.4. The average Bonchev–Trinajstić information content (AvgIpc) is 2.45. The van der Waals surface area contributed by atoms with E-state index in [1.807, 2.05) is 24.3 Å². The van der Waals surface area contributed by atoms with E-state index in [0.29, 0.717) is 5.56 Å². The van der Waals surface area contributed by atoms with Crippen molar-refractivity contribution in [1.29, 1.82) is 0 Å². The predicted octanol–water partition coefficient (Wildman–Crippen LogP) is 3.12. The first-order chi connectivity index (χ1) is 9.99. The molecule has 1 N–H and O–H groups in total. The van der Waals surface area contributed by atoms with Crippen molar-refractivity contribution in [2.75, 3.05) is 5.32 Å². The van der Waals surface area contributed by atoms with E-state index in [2.05, 4.69) is 28.2 Å². The van der Waals surface area contributed by atoms with Crippen molar-refractivity contribution in [1.82, 2.24) is 4.57 Å². The highest BCUT2D eigenvalue weighted by atomic mass is 79.9. The number of carbonyl (C=O) groups is 1. The van der Waals surface area contributed by atoms with Gasteiger partial charge in [0, 0.05) is 21.9 Å². The number of hydrogen-bond donors (Lipinski definition) is 1. The second-order valence-electron chi connectivity index (χ2n) is 4.87. The van der Waals surface area contributed by atoms with Crippen LogP contribution < -0.4 is 10.9 Å². The van der Waals surface area contributed by atoms with Gasteiger partial charge in [-0.15, -0.1) is 0 Å². The van der Waals surface area contributed by atoms with Gasteiger partial charge in [-0.3, -0.25) is 9.59 Å². The fourth-order valence-electron chi connectivity index (χ4n) is 2.04. The Morgan fingerprint density at radius 1 is 1.29 bits per heavy atom. The highest BCUT2D eigenvalue weighted by Crippen LogP contribution is 2.11. The minimum Gasteiger partial charge on any atom is -0.325 e. The second kappa shape index (κ2) is 6.72. The van der Waals surface area contributed by atoms with Gasteiger partial charge in [0.1, 0.15) is 6.54 Å². The predicted molar refractivity (Wildman–Crippen MR) is 87.6 cm³/mol. The van der Waals surface area contributed by atoms with Crippen LogP contribution >= 0.6 is 15.9 Å². The Hall–Kier alpha value is -1.88. The summed E-state index contributed by atoms with van der Waals surface area (Å²) in [6.07, 6.45) is 2.58. The lowest BCUT2D eigenvalue weighted by atomic mass is 10.1. The van der Waals surface area contributed by atoms with Crippen LogP contribution in [0, 0.1) is 6.92 Å². The first-order valence-corrected chi connectivity index (χ1v) is 7.54. The molecule has 0 aliphatic heterocycles. The maximum atomic E-state index is 12.0. The molecule has 110 valence electrons. The Bertz CT molecular complexity index is 705. The van der Waals surface area contributed by atoms with Crippen molar-refractivity contribution >= 4 is 27.5 Å². The van der Waals surface area contributed by atoms with Gasteiger partial charge < -0.3 is 9.88 Å². The highest BCUT2D eigenvalue weighted by Gasteiger charge is 2.07. The first-order valence-electron chi connectivity index (χ1n) is 6.75. The molecule has 1 heterocycles. The fourth-order valence-corrected chi connectivity index (χ4v) is 2.63. The number of amides is 1. The quantitative estimate of drug-likeness (QED) is 0.922. The third kappa shape index (κ3) is 4.04. The largest absolute Gasteiger partial charge is 0.325 e. The van der Waals surface area contributed by atoms with Crippen LogP contribution in [0.3, 0.4) is 0 Å². The molecular formula is C16H17BrN2O2. The van der Waals surface area contributed by atoms with Crippen LogP contribution in [-0.2, 0) is 17.8 Å². The molecule has 0 aliphatic carbocycles. The number of pyridine rings is 1. The molecule has 2 aromatic rings. The van der Waals surface area contributed by atoms with Crippen LogP contribution in [0.4, 0.5) is 5.69 Å². The first kappa shape index (κ1) is 15.5. The topological polar surface area (TPSA) is 51.1 Å². The lowest BCUT2D eigenvalue weighted by molar-refractivity contribution is -0.116. The number of halogens is 1. The minimum absolute atomic E-state index is 0.00531. The molecule has 1 aromatic carbocycles. The smallest absolute Gasteiger partial charge is 0.253 e. The van der Waals surface area contributed by atoms with Crippen LogP contribution in [0.15, 0.2) is 45.8 Å². The fraction of sp³-hybridized carbons (Fsp3) is 0.250. The SMILES string of the molecule is CCc1ccc(NC(=O)Cn2cc(Br)cc(C)c2=O)cc1. The van der Waals surface area contributed by atoms with Crippen LogP contribution in [0.2, 0.25) is 0 Å². The summed E-state index contributed by atoms with van der Waals surface area (Å²) in [7, 11) is 0. The third-order valence-electron chi connectivity index (χ3n) is 3.19. The maximum Gasteiger partial charge on any atom is 0.253 e. The van der Waals surface area contributed by atoms with Gasteiger partial charge in [-0.1, -0.05) is 19.1 Å². The Balaban J connectivity index is 2.09. The summed E-state index contributed by atoms with van der Waals surface area (Å²) in [6.45, 7) is 3.80. The molecular weight excluding hydrogens is 332 g/mol. The van der Waals surface area contributed by atoms with Crippen molar-refractivity contribution in [2.45, 2.75) is 26.8 Å². The number of nitrogens with zero attached hydrogens (tertiary/aromatic N) is 1. The molecule has 0 unspecified atom stereocenters. The molecule has 0 aliphatic rings. The minimum atomic E-state index is -0.223. The van der Waals surface area contributed by atoms with E-state index in [0.717, 1.165) is 16.6 Å². The Labute approximate surface area is 131 Å². The monoisotopic (exact) mass is 348 g/mol. The van der Waals surface area contributed by atoms with Gasteiger partial charge in [-0.25, -0.2) is 0 Å². The number of anilines is 1. The molecule has 21 heavy (non-hydrogen) atoms. The molecule has 4 nitrogen and oxygen atoms in total. The van der Waals surface area contributed by atoms with Gasteiger partial charge in [0.15, 0.2) is 0 Å². The molecule has 1 aromatic heterocycles. The van der Waals surface area contributed by atoms with Crippen molar-refractivity contribution in [3.05, 3.63) is 62.5 Å². The molecule has 0 fully saturated rings. The number of nitrogens with one attached hydrogen (secondary N) is 1. The lowest BCUT2D eigenvalue weighted by Crippen LogP contribution is -2.28. The summed E-state index contributed by atoms with van der Waals surface area (Å²) in [4.78, 5) is 24.0. The lowest BCUT2D eigenvalue weighted by Gasteiger charge is -2.09. The normalized spacial score (nSPS) is 10.4. The molecule has 0 bridgehead atoms.